The normalized spacial score (nSPS) is 22.6. The molecule has 1 saturated heterocycles. The molecular formula is C15H32N2O3. The van der Waals surface area contributed by atoms with Crippen LogP contribution in [0.25, 0.3) is 0 Å². The van der Waals surface area contributed by atoms with Gasteiger partial charge >= 0.3 is 0 Å². The summed E-state index contributed by atoms with van der Waals surface area (Å²) in [5, 5.41) is 13.3. The third-order valence-electron chi connectivity index (χ3n) is 4.10. The summed E-state index contributed by atoms with van der Waals surface area (Å²) in [6.07, 6.45) is 2.01. The minimum atomic E-state index is -0.454. The zero-order valence-electron chi connectivity index (χ0n) is 13.5. The van der Waals surface area contributed by atoms with Gasteiger partial charge in [0.05, 0.1) is 25.4 Å². The van der Waals surface area contributed by atoms with Gasteiger partial charge in [-0.2, -0.15) is 0 Å². The number of methoxy groups -OCH3 is 1. The quantitative estimate of drug-likeness (QED) is 0.655. The molecule has 0 spiro atoms. The third-order valence-corrected chi connectivity index (χ3v) is 4.10. The first-order valence-corrected chi connectivity index (χ1v) is 7.63. The van der Waals surface area contributed by atoms with E-state index >= 15 is 0 Å². The van der Waals surface area contributed by atoms with Crippen LogP contribution in [0.15, 0.2) is 0 Å². The summed E-state index contributed by atoms with van der Waals surface area (Å²) in [4.78, 5) is 2.38. The van der Waals surface area contributed by atoms with Crippen molar-refractivity contribution in [1.29, 1.82) is 0 Å². The maximum Gasteiger partial charge on any atom is 0.0897 e. The fourth-order valence-corrected chi connectivity index (χ4v) is 2.49. The number of nitrogens with zero attached hydrogens (tertiary/aromatic N) is 1. The van der Waals surface area contributed by atoms with E-state index in [0.29, 0.717) is 25.2 Å². The van der Waals surface area contributed by atoms with Crippen LogP contribution in [0, 0.1) is 5.41 Å². The maximum atomic E-state index is 9.89. The van der Waals surface area contributed by atoms with Crippen LogP contribution in [0.3, 0.4) is 0 Å². The Hall–Kier alpha value is -0.200. The number of hydrogen-bond donors (Lipinski definition) is 2. The Balaban J connectivity index is 2.10. The average Bonchev–Trinajstić information content (AvgIpc) is 2.41. The molecule has 0 amide bonds. The number of aliphatic hydroxyl groups excluding tert-OH is 1. The average molecular weight is 288 g/mol. The first-order chi connectivity index (χ1) is 9.45. The largest absolute Gasteiger partial charge is 0.389 e. The van der Waals surface area contributed by atoms with E-state index in [-0.39, 0.29) is 6.10 Å². The highest BCUT2D eigenvalue weighted by Gasteiger charge is 2.28. The van der Waals surface area contributed by atoms with Gasteiger partial charge in [-0.15, -0.1) is 0 Å². The highest BCUT2D eigenvalue weighted by Crippen LogP contribution is 2.29. The lowest BCUT2D eigenvalue weighted by atomic mass is 9.80. The van der Waals surface area contributed by atoms with Crippen LogP contribution in [0.1, 0.15) is 26.7 Å². The van der Waals surface area contributed by atoms with Gasteiger partial charge < -0.3 is 24.8 Å². The van der Waals surface area contributed by atoms with Gasteiger partial charge in [0.25, 0.3) is 0 Å². The summed E-state index contributed by atoms with van der Waals surface area (Å²) >= 11 is 0. The summed E-state index contributed by atoms with van der Waals surface area (Å²) in [6.45, 7) is 9.08. The van der Waals surface area contributed by atoms with Crippen LogP contribution in [0.5, 0.6) is 0 Å². The number of likely N-dealkylation sites (tertiary alicyclic amines) is 1. The van der Waals surface area contributed by atoms with Crippen LogP contribution >= 0.6 is 0 Å². The zero-order valence-corrected chi connectivity index (χ0v) is 13.5. The van der Waals surface area contributed by atoms with Crippen LogP contribution < -0.4 is 5.32 Å². The van der Waals surface area contributed by atoms with Gasteiger partial charge in [-0.05, 0) is 45.3 Å². The maximum absolute atomic E-state index is 9.89. The van der Waals surface area contributed by atoms with Crippen molar-refractivity contribution in [1.82, 2.24) is 10.2 Å². The molecular weight excluding hydrogens is 256 g/mol. The van der Waals surface area contributed by atoms with Gasteiger partial charge in [-0.1, -0.05) is 6.92 Å². The molecule has 120 valence electrons. The lowest BCUT2D eigenvalue weighted by Gasteiger charge is -2.38. The van der Waals surface area contributed by atoms with Crippen LogP contribution in [0.4, 0.5) is 0 Å². The van der Waals surface area contributed by atoms with Crippen molar-refractivity contribution in [2.75, 3.05) is 53.6 Å². The van der Waals surface area contributed by atoms with E-state index in [1.807, 2.05) is 6.92 Å². The molecule has 0 radical (unpaired) electrons. The Labute approximate surface area is 123 Å². The fourth-order valence-electron chi connectivity index (χ4n) is 2.49. The molecule has 1 rings (SSSR count). The van der Waals surface area contributed by atoms with Crippen LogP contribution in [-0.4, -0.2) is 75.8 Å². The molecule has 1 aliphatic rings. The second kappa shape index (κ2) is 8.95. The van der Waals surface area contributed by atoms with Crippen LogP contribution in [0.2, 0.25) is 0 Å². The first kappa shape index (κ1) is 17.9. The molecule has 5 nitrogen and oxygen atoms in total. The van der Waals surface area contributed by atoms with Crippen LogP contribution in [-0.2, 0) is 9.47 Å². The molecule has 0 aromatic rings. The summed E-state index contributed by atoms with van der Waals surface area (Å²) in [5.41, 5.74) is 0.358. The van der Waals surface area contributed by atoms with Crippen molar-refractivity contribution in [3.63, 3.8) is 0 Å². The van der Waals surface area contributed by atoms with Gasteiger partial charge in [0, 0.05) is 20.2 Å². The van der Waals surface area contributed by atoms with E-state index in [2.05, 4.69) is 24.2 Å². The summed E-state index contributed by atoms with van der Waals surface area (Å²) in [6, 6.07) is 0. The predicted octanol–water partition coefficient (Wildman–Crippen LogP) is 0.720. The molecule has 2 unspecified atom stereocenters. The third kappa shape index (κ3) is 6.99. The number of aliphatic hydroxyl groups is 1. The van der Waals surface area contributed by atoms with Crippen molar-refractivity contribution in [3.05, 3.63) is 0 Å². The number of hydrogen-bond acceptors (Lipinski definition) is 5. The second-order valence-corrected chi connectivity index (χ2v) is 6.50. The van der Waals surface area contributed by atoms with Crippen molar-refractivity contribution >= 4 is 0 Å². The molecule has 2 atom stereocenters. The lowest BCUT2D eigenvalue weighted by Crippen LogP contribution is -2.44. The minimum Gasteiger partial charge on any atom is -0.389 e. The zero-order chi connectivity index (χ0) is 15.0. The molecule has 5 heteroatoms. The molecule has 0 aromatic heterocycles. The monoisotopic (exact) mass is 288 g/mol. The SMILES string of the molecule is COCC(C)OCC(O)CNCC1(C)CCN(C)CC1. The van der Waals surface area contributed by atoms with Gasteiger partial charge in [0.1, 0.15) is 0 Å². The fraction of sp³-hybridized carbons (Fsp3) is 1.00. The Morgan fingerprint density at radius 3 is 2.55 bits per heavy atom. The van der Waals surface area contributed by atoms with Gasteiger partial charge in [0.15, 0.2) is 0 Å². The number of piperidine rings is 1. The van der Waals surface area contributed by atoms with E-state index in [1.54, 1.807) is 7.11 Å². The molecule has 1 heterocycles. The number of nitrogens with one attached hydrogen (secondary N) is 1. The van der Waals surface area contributed by atoms with Crippen molar-refractivity contribution in [2.45, 2.75) is 38.9 Å². The summed E-state index contributed by atoms with van der Waals surface area (Å²) < 4.78 is 10.5. The molecule has 20 heavy (non-hydrogen) atoms. The van der Waals surface area contributed by atoms with E-state index in [4.69, 9.17) is 9.47 Å². The highest BCUT2D eigenvalue weighted by atomic mass is 16.5. The lowest BCUT2D eigenvalue weighted by molar-refractivity contribution is -0.0317. The van der Waals surface area contributed by atoms with Crippen molar-refractivity contribution in [2.24, 2.45) is 5.41 Å². The second-order valence-electron chi connectivity index (χ2n) is 6.50. The summed E-state index contributed by atoms with van der Waals surface area (Å²) in [5.74, 6) is 0. The molecule has 0 aromatic carbocycles. The summed E-state index contributed by atoms with van der Waals surface area (Å²) in [7, 11) is 3.83. The standard InChI is InChI=1S/C15H32N2O3/c1-13(10-19-4)20-11-14(18)9-16-12-15(2)5-7-17(3)8-6-15/h13-14,16,18H,5-12H2,1-4H3. The Bertz CT molecular complexity index is 256. The minimum absolute atomic E-state index is 0.0287. The van der Waals surface area contributed by atoms with Gasteiger partial charge in [-0.3, -0.25) is 0 Å². The van der Waals surface area contributed by atoms with E-state index in [1.165, 1.54) is 25.9 Å². The smallest absolute Gasteiger partial charge is 0.0897 e. The Morgan fingerprint density at radius 2 is 1.95 bits per heavy atom. The number of ether oxygens (including phenoxy) is 2. The van der Waals surface area contributed by atoms with Crippen molar-refractivity contribution in [3.8, 4) is 0 Å². The molecule has 1 aliphatic heterocycles. The molecule has 0 bridgehead atoms. The van der Waals surface area contributed by atoms with Gasteiger partial charge in [-0.25, -0.2) is 0 Å². The molecule has 0 saturated carbocycles. The molecule has 0 aliphatic carbocycles. The van der Waals surface area contributed by atoms with E-state index in [0.717, 1.165) is 6.54 Å². The topological polar surface area (TPSA) is 54.0 Å². The van der Waals surface area contributed by atoms with E-state index < -0.39 is 6.10 Å². The predicted molar refractivity (Wildman–Crippen MR) is 81.0 cm³/mol. The first-order valence-electron chi connectivity index (χ1n) is 7.63. The molecule has 1 fully saturated rings. The highest BCUT2D eigenvalue weighted by molar-refractivity contribution is 4.83. The number of rotatable bonds is 9. The van der Waals surface area contributed by atoms with E-state index in [9.17, 15) is 5.11 Å². The van der Waals surface area contributed by atoms with Crippen molar-refractivity contribution < 1.29 is 14.6 Å². The Kier molecular flexibility index (Phi) is 7.99. The Morgan fingerprint density at radius 1 is 1.30 bits per heavy atom. The molecule has 2 N–H and O–H groups in total. The van der Waals surface area contributed by atoms with Gasteiger partial charge in [0.2, 0.25) is 0 Å².